The number of benzene rings is 3. The van der Waals surface area contributed by atoms with Crippen LogP contribution in [0, 0.1) is 0 Å². The van der Waals surface area contributed by atoms with E-state index >= 15 is 0 Å². The first kappa shape index (κ1) is 27.0. The number of nitrogens with one attached hydrogen (secondary N) is 3. The van der Waals surface area contributed by atoms with Crippen molar-refractivity contribution < 1.29 is 19.6 Å². The van der Waals surface area contributed by atoms with Gasteiger partial charge in [-0.15, -0.1) is 0 Å². The van der Waals surface area contributed by atoms with Crippen LogP contribution >= 0.6 is 11.8 Å². The fraction of sp³-hybridized carbons (Fsp3) is 0.250. The van der Waals surface area contributed by atoms with Gasteiger partial charge in [-0.3, -0.25) is 19.6 Å². The summed E-state index contributed by atoms with van der Waals surface area (Å²) in [4.78, 5) is 36.8. The number of carbonyl (C=O) groups excluding carboxylic acids is 3. The number of amides is 3. The highest BCUT2D eigenvalue weighted by Gasteiger charge is 2.21. The Hall–Kier alpha value is -3.62. The Morgan fingerprint density at radius 1 is 0.778 bits per heavy atom. The van der Waals surface area contributed by atoms with Crippen LogP contribution in [0.25, 0.3) is 11.1 Å². The van der Waals surface area contributed by atoms with Gasteiger partial charge in [-0.25, -0.2) is 5.48 Å². The lowest BCUT2D eigenvalue weighted by atomic mass is 10.0. The zero-order valence-electron chi connectivity index (χ0n) is 20.0. The van der Waals surface area contributed by atoms with Crippen molar-refractivity contribution in [1.82, 2.24) is 16.1 Å². The summed E-state index contributed by atoms with van der Waals surface area (Å²) in [5.74, 6) is 0.0568. The molecule has 36 heavy (non-hydrogen) atoms. The molecule has 0 fully saturated rings. The Morgan fingerprint density at radius 2 is 1.42 bits per heavy atom. The first-order valence-electron chi connectivity index (χ1n) is 11.8. The molecule has 0 unspecified atom stereocenters. The Balaban J connectivity index is 1.55. The van der Waals surface area contributed by atoms with Crippen LogP contribution in [0.2, 0.25) is 0 Å². The minimum absolute atomic E-state index is 0.166. The zero-order chi connectivity index (χ0) is 25.6. The Labute approximate surface area is 215 Å². The highest BCUT2D eigenvalue weighted by Crippen LogP contribution is 2.19. The van der Waals surface area contributed by atoms with Gasteiger partial charge in [0.25, 0.3) is 0 Å². The average Bonchev–Trinajstić information content (AvgIpc) is 2.92. The predicted octanol–water partition coefficient (Wildman–Crippen LogP) is 3.72. The van der Waals surface area contributed by atoms with Crippen LogP contribution in [0.1, 0.15) is 24.0 Å². The molecule has 1 atom stereocenters. The molecule has 0 aromatic heterocycles. The van der Waals surface area contributed by atoms with Gasteiger partial charge in [0.15, 0.2) is 0 Å². The fourth-order valence-electron chi connectivity index (χ4n) is 3.56. The summed E-state index contributed by atoms with van der Waals surface area (Å²) in [6, 6.07) is 26.7. The minimum atomic E-state index is -0.707. The SMILES string of the molecule is O=C(CCCSC[C@H](NC(=O)Cc1ccc(-c2ccccc2)cc1)C(=O)NCc1ccccc1)NO. The van der Waals surface area contributed by atoms with Gasteiger partial charge in [0.05, 0.1) is 6.42 Å². The number of hydrogen-bond acceptors (Lipinski definition) is 5. The van der Waals surface area contributed by atoms with Crippen LogP contribution < -0.4 is 16.1 Å². The van der Waals surface area contributed by atoms with Crippen molar-refractivity contribution in [2.75, 3.05) is 11.5 Å². The van der Waals surface area contributed by atoms with E-state index in [2.05, 4.69) is 10.6 Å². The molecule has 3 rings (SSSR count). The van der Waals surface area contributed by atoms with Crippen LogP contribution in [-0.2, 0) is 27.3 Å². The third kappa shape index (κ3) is 9.20. The molecular weight excluding hydrogens is 474 g/mol. The lowest BCUT2D eigenvalue weighted by Gasteiger charge is -2.18. The molecule has 0 bridgehead atoms. The number of rotatable bonds is 13. The molecule has 3 aromatic rings. The molecule has 0 saturated heterocycles. The van der Waals surface area contributed by atoms with E-state index < -0.39 is 11.9 Å². The van der Waals surface area contributed by atoms with E-state index in [0.717, 1.165) is 22.3 Å². The largest absolute Gasteiger partial charge is 0.350 e. The highest BCUT2D eigenvalue weighted by molar-refractivity contribution is 7.99. The maximum absolute atomic E-state index is 12.9. The molecule has 188 valence electrons. The second-order valence-electron chi connectivity index (χ2n) is 8.28. The van der Waals surface area contributed by atoms with Gasteiger partial charge in [0.1, 0.15) is 6.04 Å². The van der Waals surface area contributed by atoms with Crippen molar-refractivity contribution in [1.29, 1.82) is 0 Å². The Kier molecular flexibility index (Phi) is 11.0. The van der Waals surface area contributed by atoms with Crippen molar-refractivity contribution in [3.8, 4) is 11.1 Å². The van der Waals surface area contributed by atoms with Crippen molar-refractivity contribution in [3.05, 3.63) is 96.1 Å². The lowest BCUT2D eigenvalue weighted by Crippen LogP contribution is -2.48. The maximum Gasteiger partial charge on any atom is 0.243 e. The Bertz CT molecular complexity index is 1110. The highest BCUT2D eigenvalue weighted by atomic mass is 32.2. The third-order valence-electron chi connectivity index (χ3n) is 5.49. The molecule has 0 spiro atoms. The number of hydroxylamine groups is 1. The van der Waals surface area contributed by atoms with E-state index in [9.17, 15) is 14.4 Å². The third-order valence-corrected chi connectivity index (χ3v) is 6.64. The second kappa shape index (κ2) is 14.7. The average molecular weight is 506 g/mol. The summed E-state index contributed by atoms with van der Waals surface area (Å²) < 4.78 is 0. The van der Waals surface area contributed by atoms with Crippen LogP contribution in [-0.4, -0.2) is 40.5 Å². The summed E-state index contributed by atoms with van der Waals surface area (Å²) in [5, 5.41) is 14.4. The number of carbonyl (C=O) groups is 3. The molecule has 0 aliphatic rings. The summed E-state index contributed by atoms with van der Waals surface area (Å²) in [7, 11) is 0. The lowest BCUT2D eigenvalue weighted by molar-refractivity contribution is -0.129. The van der Waals surface area contributed by atoms with Gasteiger partial charge in [-0.2, -0.15) is 11.8 Å². The number of thioether (sulfide) groups is 1. The summed E-state index contributed by atoms with van der Waals surface area (Å²) in [6.07, 6.45) is 0.912. The summed E-state index contributed by atoms with van der Waals surface area (Å²) in [5.41, 5.74) is 5.62. The molecule has 8 heteroatoms. The normalized spacial score (nSPS) is 11.4. The van der Waals surface area contributed by atoms with Crippen LogP contribution in [0.5, 0.6) is 0 Å². The molecule has 3 aromatic carbocycles. The second-order valence-corrected chi connectivity index (χ2v) is 9.43. The molecule has 4 N–H and O–H groups in total. The van der Waals surface area contributed by atoms with Gasteiger partial charge in [-0.05, 0) is 34.4 Å². The van der Waals surface area contributed by atoms with Crippen molar-refractivity contribution >= 4 is 29.5 Å². The smallest absolute Gasteiger partial charge is 0.243 e. The van der Waals surface area contributed by atoms with E-state index in [1.54, 1.807) is 5.48 Å². The van der Waals surface area contributed by atoms with E-state index in [1.807, 2.05) is 84.9 Å². The molecule has 3 amide bonds. The van der Waals surface area contributed by atoms with E-state index in [1.165, 1.54) is 11.8 Å². The quantitative estimate of drug-likeness (QED) is 0.161. The first-order chi connectivity index (χ1) is 17.5. The molecular formula is C28H31N3O4S. The monoisotopic (exact) mass is 505 g/mol. The van der Waals surface area contributed by atoms with E-state index in [4.69, 9.17) is 5.21 Å². The van der Waals surface area contributed by atoms with Gasteiger partial charge in [0, 0.05) is 18.7 Å². The van der Waals surface area contributed by atoms with Crippen LogP contribution in [0.4, 0.5) is 0 Å². The fourth-order valence-corrected chi connectivity index (χ4v) is 4.54. The van der Waals surface area contributed by atoms with Crippen molar-refractivity contribution in [3.63, 3.8) is 0 Å². The maximum atomic E-state index is 12.9. The topological polar surface area (TPSA) is 108 Å². The molecule has 0 saturated carbocycles. The van der Waals surface area contributed by atoms with E-state index in [-0.39, 0.29) is 24.7 Å². The number of hydrogen-bond donors (Lipinski definition) is 4. The van der Waals surface area contributed by atoms with Crippen molar-refractivity contribution in [2.24, 2.45) is 0 Å². The van der Waals surface area contributed by atoms with Gasteiger partial charge in [0.2, 0.25) is 17.7 Å². The molecule has 0 heterocycles. The van der Waals surface area contributed by atoms with Crippen molar-refractivity contribution in [2.45, 2.75) is 31.8 Å². The van der Waals surface area contributed by atoms with Gasteiger partial charge < -0.3 is 10.6 Å². The van der Waals surface area contributed by atoms with Crippen LogP contribution in [0.15, 0.2) is 84.9 Å². The minimum Gasteiger partial charge on any atom is -0.350 e. The zero-order valence-corrected chi connectivity index (χ0v) is 20.8. The molecule has 7 nitrogen and oxygen atoms in total. The molecule has 0 radical (unpaired) electrons. The van der Waals surface area contributed by atoms with Crippen LogP contribution in [0.3, 0.4) is 0 Å². The van der Waals surface area contributed by atoms with Gasteiger partial charge in [-0.1, -0.05) is 84.9 Å². The summed E-state index contributed by atoms with van der Waals surface area (Å²) in [6.45, 7) is 0.369. The molecule has 0 aliphatic heterocycles. The van der Waals surface area contributed by atoms with E-state index in [0.29, 0.717) is 24.5 Å². The summed E-state index contributed by atoms with van der Waals surface area (Å²) >= 11 is 1.47. The predicted molar refractivity (Wildman–Crippen MR) is 142 cm³/mol. The van der Waals surface area contributed by atoms with Gasteiger partial charge >= 0.3 is 0 Å². The molecule has 0 aliphatic carbocycles. The first-order valence-corrected chi connectivity index (χ1v) is 13.0. The Morgan fingerprint density at radius 3 is 2.08 bits per heavy atom. The standard InChI is InChI=1S/C28H31N3O4S/c32-26(31-35)12-7-17-36-20-25(28(34)29-19-22-8-3-1-4-9-22)30-27(33)18-21-13-15-24(16-14-21)23-10-5-2-6-11-23/h1-6,8-11,13-16,25,35H,7,12,17-20H2,(H,29,34)(H,30,33)(H,31,32)/t25-/m0/s1.